The number of hydrogen-bond acceptors (Lipinski definition) is 6. The molecule has 3 rings (SSSR count). The molecule has 2 aromatic rings. The molecule has 1 aromatic heterocycles. The Morgan fingerprint density at radius 1 is 1.07 bits per heavy atom. The second kappa shape index (κ2) is 8.67. The summed E-state index contributed by atoms with van der Waals surface area (Å²) in [6.45, 7) is 3.23. The molecule has 0 saturated heterocycles. The molecule has 8 heteroatoms. The molecule has 6 nitrogen and oxygen atoms in total. The van der Waals surface area contributed by atoms with Crippen LogP contribution < -0.4 is 5.32 Å². The number of carbonyl (C=O) groups is 2. The van der Waals surface area contributed by atoms with Crippen molar-refractivity contribution in [1.29, 1.82) is 0 Å². The Hall–Kier alpha value is -2.19. The van der Waals surface area contributed by atoms with E-state index in [1.807, 2.05) is 0 Å². The minimum Gasteiger partial charge on any atom is -0.465 e. The van der Waals surface area contributed by atoms with Gasteiger partial charge in [-0.15, -0.1) is 11.3 Å². The number of rotatable bonds is 5. The Kier molecular flexibility index (Phi) is 6.43. The van der Waals surface area contributed by atoms with Gasteiger partial charge in [-0.2, -0.15) is 0 Å². The molecule has 0 atom stereocenters. The summed E-state index contributed by atoms with van der Waals surface area (Å²) in [5, 5.41) is 2.79. The number of fused-ring (bicyclic) bond motifs is 1. The molecule has 0 aliphatic heterocycles. The van der Waals surface area contributed by atoms with Gasteiger partial charge in [0, 0.05) is 10.4 Å². The molecular weight excluding hydrogens is 410 g/mol. The largest absolute Gasteiger partial charge is 0.465 e. The lowest BCUT2D eigenvalue weighted by Crippen LogP contribution is -2.16. The predicted octanol–water partition coefficient (Wildman–Crippen LogP) is 4.24. The van der Waals surface area contributed by atoms with Gasteiger partial charge in [0.2, 0.25) is 0 Å². The maximum Gasteiger partial charge on any atom is 0.341 e. The molecule has 1 aromatic carbocycles. The first kappa shape index (κ1) is 21.5. The number of thiophene rings is 1. The average Bonchev–Trinajstić information content (AvgIpc) is 2.87. The summed E-state index contributed by atoms with van der Waals surface area (Å²) in [7, 11) is -2.06. The number of sulfone groups is 1. The number of ether oxygens (including phenoxy) is 1. The van der Waals surface area contributed by atoms with Gasteiger partial charge in [0.1, 0.15) is 5.00 Å². The highest BCUT2D eigenvalue weighted by molar-refractivity contribution is 7.92. The smallest absolute Gasteiger partial charge is 0.341 e. The van der Waals surface area contributed by atoms with Crippen molar-refractivity contribution < 1.29 is 22.7 Å². The summed E-state index contributed by atoms with van der Waals surface area (Å²) < 4.78 is 29.4. The lowest BCUT2D eigenvalue weighted by molar-refractivity contribution is 0.0601. The van der Waals surface area contributed by atoms with Crippen LogP contribution in [-0.2, 0) is 27.4 Å². The van der Waals surface area contributed by atoms with E-state index in [2.05, 4.69) is 5.32 Å². The molecule has 29 heavy (non-hydrogen) atoms. The fourth-order valence-corrected chi connectivity index (χ4v) is 5.72. The molecule has 0 spiro atoms. The zero-order valence-corrected chi connectivity index (χ0v) is 18.4. The number of anilines is 1. The van der Waals surface area contributed by atoms with E-state index in [-0.39, 0.29) is 10.8 Å². The number of aryl methyl sites for hydroxylation is 1. The first-order chi connectivity index (χ1) is 13.8. The Morgan fingerprint density at radius 3 is 2.34 bits per heavy atom. The second-order valence-electron chi connectivity index (χ2n) is 7.33. The highest BCUT2D eigenvalue weighted by Crippen LogP contribution is 2.38. The molecular formula is C21H25NO5S2. The Balaban J connectivity index is 1.88. The van der Waals surface area contributed by atoms with Gasteiger partial charge in [-0.25, -0.2) is 13.2 Å². The van der Waals surface area contributed by atoms with Crippen LogP contribution in [0.25, 0.3) is 0 Å². The van der Waals surface area contributed by atoms with Gasteiger partial charge in [-0.1, -0.05) is 6.42 Å². The maximum absolute atomic E-state index is 12.7. The topological polar surface area (TPSA) is 89.5 Å². The van der Waals surface area contributed by atoms with Crippen molar-refractivity contribution in [3.63, 3.8) is 0 Å². The lowest BCUT2D eigenvalue weighted by Gasteiger charge is -2.09. The van der Waals surface area contributed by atoms with Crippen LogP contribution in [0.5, 0.6) is 0 Å². The van der Waals surface area contributed by atoms with Crippen molar-refractivity contribution in [3.05, 3.63) is 45.8 Å². The fourth-order valence-electron chi connectivity index (χ4n) is 3.39. The summed E-state index contributed by atoms with van der Waals surface area (Å²) in [5.41, 5.74) is 1.75. The molecule has 0 saturated carbocycles. The fraction of sp³-hybridized carbons (Fsp3) is 0.429. The van der Waals surface area contributed by atoms with E-state index >= 15 is 0 Å². The van der Waals surface area contributed by atoms with Crippen LogP contribution in [0.2, 0.25) is 0 Å². The molecule has 156 valence electrons. The number of benzene rings is 1. The van der Waals surface area contributed by atoms with E-state index in [4.69, 9.17) is 4.74 Å². The lowest BCUT2D eigenvalue weighted by atomic mass is 10.1. The van der Waals surface area contributed by atoms with Gasteiger partial charge in [0.25, 0.3) is 5.91 Å². The summed E-state index contributed by atoms with van der Waals surface area (Å²) in [6.07, 6.45) is 4.88. The van der Waals surface area contributed by atoms with Crippen LogP contribution in [0.15, 0.2) is 29.2 Å². The number of carbonyl (C=O) groups excluding carboxylic acids is 2. The van der Waals surface area contributed by atoms with Crippen molar-refractivity contribution in [2.45, 2.75) is 56.1 Å². The third-order valence-electron chi connectivity index (χ3n) is 5.10. The standard InChI is InChI=1S/C21H25NO5S2/c1-13(2)29(25,26)15-11-9-14(10-12-15)19(23)22-20-18(21(24)27-3)16-7-5-4-6-8-17(16)28-20/h9-13H,4-8H2,1-3H3,(H,22,23). The minimum absolute atomic E-state index is 0.183. The molecule has 1 N–H and O–H groups in total. The highest BCUT2D eigenvalue weighted by Gasteiger charge is 2.26. The number of amides is 1. The highest BCUT2D eigenvalue weighted by atomic mass is 32.2. The van der Waals surface area contributed by atoms with Crippen LogP contribution in [0.1, 0.15) is 64.3 Å². The van der Waals surface area contributed by atoms with Gasteiger partial charge in [-0.05, 0) is 69.4 Å². The molecule has 0 radical (unpaired) electrons. The average molecular weight is 436 g/mol. The molecule has 1 aliphatic rings. The molecule has 0 fully saturated rings. The Bertz CT molecular complexity index is 1020. The quantitative estimate of drug-likeness (QED) is 0.560. The SMILES string of the molecule is COC(=O)c1c(NC(=O)c2ccc(S(=O)(=O)C(C)C)cc2)sc2c1CCCCC2. The summed E-state index contributed by atoms with van der Waals surface area (Å²) in [5.74, 6) is -0.835. The van der Waals surface area contributed by atoms with Crippen molar-refractivity contribution in [1.82, 2.24) is 0 Å². The van der Waals surface area contributed by atoms with Gasteiger partial charge in [0.15, 0.2) is 9.84 Å². The van der Waals surface area contributed by atoms with E-state index in [1.54, 1.807) is 13.8 Å². The third-order valence-corrected chi connectivity index (χ3v) is 8.48. The summed E-state index contributed by atoms with van der Waals surface area (Å²) >= 11 is 1.42. The molecule has 0 bridgehead atoms. The van der Waals surface area contributed by atoms with Crippen LogP contribution in [0.3, 0.4) is 0 Å². The van der Waals surface area contributed by atoms with Crippen LogP contribution >= 0.6 is 11.3 Å². The number of methoxy groups -OCH3 is 1. The molecule has 1 aliphatic carbocycles. The zero-order valence-electron chi connectivity index (χ0n) is 16.8. The first-order valence-corrected chi connectivity index (χ1v) is 12.0. The normalized spacial score (nSPS) is 14.2. The van der Waals surface area contributed by atoms with Crippen molar-refractivity contribution in [3.8, 4) is 0 Å². The Labute approximate surface area is 175 Å². The predicted molar refractivity (Wildman–Crippen MR) is 114 cm³/mol. The van der Waals surface area contributed by atoms with Gasteiger partial charge < -0.3 is 10.1 Å². The summed E-state index contributed by atoms with van der Waals surface area (Å²) in [4.78, 5) is 26.4. The van der Waals surface area contributed by atoms with Gasteiger partial charge >= 0.3 is 5.97 Å². The third kappa shape index (κ3) is 4.38. The van der Waals surface area contributed by atoms with Gasteiger partial charge in [0.05, 0.1) is 22.8 Å². The number of nitrogens with one attached hydrogen (secondary N) is 1. The van der Waals surface area contributed by atoms with Crippen molar-refractivity contribution in [2.24, 2.45) is 0 Å². The van der Waals surface area contributed by atoms with Crippen LogP contribution in [0.4, 0.5) is 5.00 Å². The van der Waals surface area contributed by atoms with Crippen molar-refractivity contribution >= 4 is 38.1 Å². The number of esters is 1. The zero-order chi connectivity index (χ0) is 21.2. The van der Waals surface area contributed by atoms with Crippen LogP contribution in [-0.4, -0.2) is 32.7 Å². The Morgan fingerprint density at radius 2 is 1.72 bits per heavy atom. The van der Waals surface area contributed by atoms with E-state index in [0.717, 1.165) is 42.5 Å². The maximum atomic E-state index is 12.7. The summed E-state index contributed by atoms with van der Waals surface area (Å²) in [6, 6.07) is 5.85. The molecule has 1 amide bonds. The monoisotopic (exact) mass is 435 g/mol. The van der Waals surface area contributed by atoms with E-state index in [1.165, 1.54) is 42.7 Å². The second-order valence-corrected chi connectivity index (χ2v) is 10.9. The van der Waals surface area contributed by atoms with Crippen LogP contribution in [0, 0.1) is 0 Å². The van der Waals surface area contributed by atoms with Crippen molar-refractivity contribution in [2.75, 3.05) is 12.4 Å². The molecule has 0 unspecified atom stereocenters. The minimum atomic E-state index is -3.40. The van der Waals surface area contributed by atoms with Gasteiger partial charge in [-0.3, -0.25) is 4.79 Å². The van der Waals surface area contributed by atoms with E-state index in [9.17, 15) is 18.0 Å². The first-order valence-electron chi connectivity index (χ1n) is 9.64. The van der Waals surface area contributed by atoms with E-state index < -0.39 is 21.1 Å². The van der Waals surface area contributed by atoms with E-state index in [0.29, 0.717) is 16.1 Å². The number of hydrogen-bond donors (Lipinski definition) is 1. The molecule has 1 heterocycles.